The second kappa shape index (κ2) is 6.88. The number of aromatic nitrogens is 2. The van der Waals surface area contributed by atoms with E-state index in [2.05, 4.69) is 20.8 Å². The molecule has 0 bridgehead atoms. The van der Waals surface area contributed by atoms with E-state index < -0.39 is 0 Å². The summed E-state index contributed by atoms with van der Waals surface area (Å²) in [5.41, 5.74) is 1.62. The number of nitrogens with zero attached hydrogens (tertiary/aromatic N) is 2. The molecule has 0 atom stereocenters. The van der Waals surface area contributed by atoms with Crippen molar-refractivity contribution < 1.29 is 9.32 Å². The third kappa shape index (κ3) is 4.05. The molecule has 0 aliphatic rings. The van der Waals surface area contributed by atoms with Crippen LogP contribution in [0, 0.1) is 0 Å². The lowest BCUT2D eigenvalue weighted by Crippen LogP contribution is -2.22. The normalized spacial score (nSPS) is 10.7. The van der Waals surface area contributed by atoms with E-state index in [1.807, 2.05) is 39.0 Å². The van der Waals surface area contributed by atoms with Crippen molar-refractivity contribution in [3.8, 4) is 0 Å². The molecule has 2 rings (SSSR count). The van der Waals surface area contributed by atoms with Gasteiger partial charge in [0.1, 0.15) is 0 Å². The average molecular weight is 288 g/mol. The molecule has 0 saturated carbocycles. The van der Waals surface area contributed by atoms with Crippen molar-refractivity contribution in [1.82, 2.24) is 15.5 Å². The van der Waals surface area contributed by atoms with Crippen LogP contribution in [0.2, 0.25) is 0 Å². The minimum Gasteiger partial charge on any atom is -0.352 e. The molecule has 21 heavy (non-hydrogen) atoms. The molecular weight excluding hydrogens is 268 g/mol. The number of hydrogen-bond acceptors (Lipinski definition) is 5. The number of hydrogen-bond donors (Lipinski definition) is 2. The first-order valence-corrected chi connectivity index (χ1v) is 7.04. The fourth-order valence-corrected chi connectivity index (χ4v) is 1.80. The minimum absolute atomic E-state index is 0.0702. The first-order chi connectivity index (χ1) is 10.1. The van der Waals surface area contributed by atoms with Crippen LogP contribution in [0.15, 0.2) is 28.8 Å². The van der Waals surface area contributed by atoms with E-state index in [1.165, 1.54) is 0 Å². The van der Waals surface area contributed by atoms with Gasteiger partial charge in [0.15, 0.2) is 5.82 Å². The van der Waals surface area contributed by atoms with E-state index in [4.69, 9.17) is 4.52 Å². The van der Waals surface area contributed by atoms with Crippen LogP contribution in [0.3, 0.4) is 0 Å². The molecule has 1 aromatic heterocycles. The van der Waals surface area contributed by atoms with E-state index in [9.17, 15) is 4.79 Å². The summed E-state index contributed by atoms with van der Waals surface area (Å²) in [6.07, 6.45) is 0. The van der Waals surface area contributed by atoms with Gasteiger partial charge in [-0.25, -0.2) is 0 Å². The van der Waals surface area contributed by atoms with Crippen LogP contribution in [0.4, 0.5) is 6.01 Å². The highest BCUT2D eigenvalue weighted by atomic mass is 16.5. The molecule has 1 amide bonds. The summed E-state index contributed by atoms with van der Waals surface area (Å²) in [6.45, 7) is 7.04. The fraction of sp³-hybridized carbons (Fsp3) is 0.400. The largest absolute Gasteiger partial charge is 0.352 e. The lowest BCUT2D eigenvalue weighted by Gasteiger charge is -2.05. The first-order valence-electron chi connectivity index (χ1n) is 7.04. The molecule has 2 N–H and O–H groups in total. The SMILES string of the molecule is CCNC(=O)c1cccc(CNc2nc(C(C)C)no2)c1. The van der Waals surface area contributed by atoms with E-state index in [0.29, 0.717) is 30.5 Å². The molecule has 0 spiro atoms. The number of rotatable bonds is 6. The predicted molar refractivity (Wildman–Crippen MR) is 80.2 cm³/mol. The smallest absolute Gasteiger partial charge is 0.321 e. The van der Waals surface area contributed by atoms with Gasteiger partial charge in [0.05, 0.1) is 0 Å². The van der Waals surface area contributed by atoms with Gasteiger partial charge < -0.3 is 15.2 Å². The summed E-state index contributed by atoms with van der Waals surface area (Å²) in [7, 11) is 0. The predicted octanol–water partition coefficient (Wildman–Crippen LogP) is 2.55. The Morgan fingerprint density at radius 3 is 2.86 bits per heavy atom. The molecule has 1 heterocycles. The molecule has 0 unspecified atom stereocenters. The summed E-state index contributed by atoms with van der Waals surface area (Å²) in [5.74, 6) is 0.832. The van der Waals surface area contributed by atoms with Gasteiger partial charge in [-0.05, 0) is 24.6 Å². The topological polar surface area (TPSA) is 80.0 Å². The molecule has 112 valence electrons. The number of anilines is 1. The van der Waals surface area contributed by atoms with Gasteiger partial charge in [-0.1, -0.05) is 31.1 Å². The van der Waals surface area contributed by atoms with E-state index >= 15 is 0 Å². The molecule has 0 radical (unpaired) electrons. The quantitative estimate of drug-likeness (QED) is 0.854. The van der Waals surface area contributed by atoms with Crippen LogP contribution in [-0.4, -0.2) is 22.6 Å². The lowest BCUT2D eigenvalue weighted by atomic mass is 10.1. The van der Waals surface area contributed by atoms with Crippen LogP contribution in [-0.2, 0) is 6.54 Å². The highest BCUT2D eigenvalue weighted by Crippen LogP contribution is 2.13. The number of carbonyl (C=O) groups excluding carboxylic acids is 1. The van der Waals surface area contributed by atoms with Crippen LogP contribution >= 0.6 is 0 Å². The van der Waals surface area contributed by atoms with E-state index in [1.54, 1.807) is 6.07 Å². The fourth-order valence-electron chi connectivity index (χ4n) is 1.80. The Balaban J connectivity index is 1.99. The maximum Gasteiger partial charge on any atom is 0.321 e. The Morgan fingerprint density at radius 1 is 1.38 bits per heavy atom. The highest BCUT2D eigenvalue weighted by Gasteiger charge is 2.09. The zero-order valence-electron chi connectivity index (χ0n) is 12.5. The molecule has 2 aromatic rings. The first kappa shape index (κ1) is 15.0. The monoisotopic (exact) mass is 288 g/mol. The van der Waals surface area contributed by atoms with Crippen molar-refractivity contribution in [2.75, 3.05) is 11.9 Å². The minimum atomic E-state index is -0.0702. The van der Waals surface area contributed by atoms with Gasteiger partial charge in [-0.2, -0.15) is 4.98 Å². The summed E-state index contributed by atoms with van der Waals surface area (Å²) in [6, 6.07) is 7.82. The van der Waals surface area contributed by atoms with Crippen molar-refractivity contribution in [2.24, 2.45) is 0 Å². The summed E-state index contributed by atoms with van der Waals surface area (Å²) in [4.78, 5) is 16.0. The molecule has 6 heteroatoms. The molecule has 0 aliphatic carbocycles. The number of amides is 1. The van der Waals surface area contributed by atoms with Gasteiger partial charge in [-0.15, -0.1) is 0 Å². The second-order valence-electron chi connectivity index (χ2n) is 5.03. The van der Waals surface area contributed by atoms with Gasteiger partial charge in [0.2, 0.25) is 0 Å². The third-order valence-corrected chi connectivity index (χ3v) is 2.93. The van der Waals surface area contributed by atoms with Gasteiger partial charge >= 0.3 is 6.01 Å². The van der Waals surface area contributed by atoms with E-state index in [-0.39, 0.29) is 11.8 Å². The van der Waals surface area contributed by atoms with Crippen LogP contribution in [0.1, 0.15) is 48.4 Å². The zero-order valence-corrected chi connectivity index (χ0v) is 12.5. The van der Waals surface area contributed by atoms with Crippen LogP contribution in [0.5, 0.6) is 0 Å². The van der Waals surface area contributed by atoms with Gasteiger partial charge in [0.25, 0.3) is 5.91 Å². The number of benzene rings is 1. The van der Waals surface area contributed by atoms with Crippen molar-refractivity contribution in [1.29, 1.82) is 0 Å². The molecular formula is C15H20N4O2. The number of nitrogens with one attached hydrogen (secondary N) is 2. The lowest BCUT2D eigenvalue weighted by molar-refractivity contribution is 0.0955. The Bertz CT molecular complexity index is 607. The standard InChI is InChI=1S/C15H20N4O2/c1-4-16-14(20)12-7-5-6-11(8-12)9-17-15-18-13(10(2)3)19-21-15/h5-8,10H,4,9H2,1-3H3,(H,16,20)(H,17,18,19). The Labute approximate surface area is 123 Å². The third-order valence-electron chi connectivity index (χ3n) is 2.93. The Morgan fingerprint density at radius 2 is 2.19 bits per heavy atom. The van der Waals surface area contributed by atoms with Gasteiger partial charge in [-0.3, -0.25) is 4.79 Å². The Hall–Kier alpha value is -2.37. The summed E-state index contributed by atoms with van der Waals surface area (Å²) >= 11 is 0. The maximum atomic E-state index is 11.8. The van der Waals surface area contributed by atoms with Crippen molar-refractivity contribution in [2.45, 2.75) is 33.2 Å². The molecule has 1 aromatic carbocycles. The van der Waals surface area contributed by atoms with Crippen LogP contribution in [0.25, 0.3) is 0 Å². The zero-order chi connectivity index (χ0) is 15.2. The van der Waals surface area contributed by atoms with Crippen LogP contribution < -0.4 is 10.6 Å². The van der Waals surface area contributed by atoms with E-state index in [0.717, 1.165) is 5.56 Å². The molecule has 0 fully saturated rings. The highest BCUT2D eigenvalue weighted by molar-refractivity contribution is 5.94. The molecule has 0 aliphatic heterocycles. The average Bonchev–Trinajstić information content (AvgIpc) is 2.95. The van der Waals surface area contributed by atoms with Crippen molar-refractivity contribution >= 4 is 11.9 Å². The molecule has 0 saturated heterocycles. The maximum absolute atomic E-state index is 11.8. The summed E-state index contributed by atoms with van der Waals surface area (Å²) < 4.78 is 5.11. The Kier molecular flexibility index (Phi) is 4.92. The van der Waals surface area contributed by atoms with Crippen molar-refractivity contribution in [3.05, 3.63) is 41.2 Å². The summed E-state index contributed by atoms with van der Waals surface area (Å²) in [5, 5.41) is 9.73. The second-order valence-corrected chi connectivity index (χ2v) is 5.03. The molecule has 6 nitrogen and oxygen atoms in total. The van der Waals surface area contributed by atoms with Gasteiger partial charge in [0, 0.05) is 24.6 Å². The number of carbonyl (C=O) groups is 1. The van der Waals surface area contributed by atoms with Crippen molar-refractivity contribution in [3.63, 3.8) is 0 Å².